The second-order valence-corrected chi connectivity index (χ2v) is 22.2. The molecular weight excluding hydrogens is 919 g/mol. The van der Waals surface area contributed by atoms with Crippen molar-refractivity contribution in [2.75, 3.05) is 0 Å². The molecule has 0 atom stereocenters. The van der Waals surface area contributed by atoms with Crippen molar-refractivity contribution in [3.8, 4) is 22.3 Å². The number of thiophene rings is 1. The first kappa shape index (κ1) is 42.6. The zero-order valence-corrected chi connectivity index (χ0v) is 41.9. The highest BCUT2D eigenvalue weighted by Gasteiger charge is 2.58. The van der Waals surface area contributed by atoms with Gasteiger partial charge in [0.25, 0.3) is 0 Å². The Balaban J connectivity index is 0.906. The van der Waals surface area contributed by atoms with Crippen LogP contribution in [0.5, 0.6) is 0 Å². The molecule has 0 amide bonds. The third kappa shape index (κ3) is 6.13. The summed E-state index contributed by atoms with van der Waals surface area (Å²) in [6.07, 6.45) is 4.16. The summed E-state index contributed by atoms with van der Waals surface area (Å²) in [7, 11) is 0. The Bertz CT molecular complexity index is 4090. The lowest BCUT2D eigenvalue weighted by Gasteiger charge is -2.51. The lowest BCUT2D eigenvalue weighted by Crippen LogP contribution is -2.45. The zero-order chi connectivity index (χ0) is 48.3. The molecule has 344 valence electrons. The first-order valence-electron chi connectivity index (χ1n) is 25.5. The minimum Gasteiger partial charge on any atom is -0.252 e. The molecule has 1 nitrogen and oxygen atoms in total. The van der Waals surface area contributed by atoms with Crippen LogP contribution in [0.15, 0.2) is 263 Å². The number of hydrogen-bond donors (Lipinski definition) is 0. The van der Waals surface area contributed by atoms with E-state index in [0.717, 1.165) is 29.8 Å². The molecular formula is C70H47NS2. The quantitative estimate of drug-likeness (QED) is 0.171. The van der Waals surface area contributed by atoms with Gasteiger partial charge in [0.2, 0.25) is 0 Å². The Morgan fingerprint density at radius 3 is 1.60 bits per heavy atom. The molecule has 4 aliphatic rings. The first-order chi connectivity index (χ1) is 36.1. The predicted molar refractivity (Wildman–Crippen MR) is 307 cm³/mol. The Morgan fingerprint density at radius 1 is 0.384 bits per heavy atom. The minimum absolute atomic E-state index is 0.504. The second kappa shape index (κ2) is 16.5. The fraction of sp³-hybridized carbons (Fsp3) is 0.0714. The largest absolute Gasteiger partial charge is 0.252 e. The van der Waals surface area contributed by atoms with Gasteiger partial charge in [-0.2, -0.15) is 0 Å². The molecule has 0 fully saturated rings. The average Bonchev–Trinajstić information content (AvgIpc) is 4.10. The maximum Gasteiger partial charge on any atom is 0.0729 e. The summed E-state index contributed by atoms with van der Waals surface area (Å²) < 4.78 is 2.64. The molecule has 1 aromatic heterocycles. The summed E-state index contributed by atoms with van der Waals surface area (Å²) in [5.41, 5.74) is 23.0. The van der Waals surface area contributed by atoms with Crippen molar-refractivity contribution in [3.63, 3.8) is 0 Å². The van der Waals surface area contributed by atoms with Gasteiger partial charge < -0.3 is 0 Å². The second-order valence-electron chi connectivity index (χ2n) is 20.0. The van der Waals surface area contributed by atoms with Crippen LogP contribution < -0.4 is 0 Å². The molecule has 2 aliphatic heterocycles. The van der Waals surface area contributed by atoms with Crippen LogP contribution in [0.2, 0.25) is 0 Å². The topological polar surface area (TPSA) is 12.4 Å². The van der Waals surface area contributed by atoms with Gasteiger partial charge >= 0.3 is 0 Å². The van der Waals surface area contributed by atoms with E-state index in [1.807, 2.05) is 23.1 Å². The Morgan fingerprint density at radius 2 is 0.904 bits per heavy atom. The lowest BCUT2D eigenvalue weighted by atomic mass is 9.51. The van der Waals surface area contributed by atoms with Gasteiger partial charge in [0.15, 0.2) is 0 Å². The van der Waals surface area contributed by atoms with Crippen molar-refractivity contribution in [1.82, 2.24) is 0 Å². The SMILES string of the molecule is C/C1=C(c2ccc3c(c2)sc2ccccc23)/C=C(/c2ccc(-c3cccc4c3-c3ccccc3C43c4ccccc4C4(c5ccccc5Sc5ccccc54)c4ccccc43)cc2)N=C(c2ccccc2)CC1. The third-order valence-corrected chi connectivity index (χ3v) is 18.6. The van der Waals surface area contributed by atoms with Gasteiger partial charge in [-0.1, -0.05) is 230 Å². The summed E-state index contributed by atoms with van der Waals surface area (Å²) in [4.78, 5) is 8.21. The molecule has 0 radical (unpaired) electrons. The lowest BCUT2D eigenvalue weighted by molar-refractivity contribution is 0.605. The molecule has 73 heavy (non-hydrogen) atoms. The van der Waals surface area contributed by atoms with E-state index in [9.17, 15) is 0 Å². The van der Waals surface area contributed by atoms with E-state index in [1.54, 1.807) is 0 Å². The van der Waals surface area contributed by atoms with Gasteiger partial charge in [-0.25, -0.2) is 0 Å². The van der Waals surface area contributed by atoms with E-state index < -0.39 is 10.8 Å². The van der Waals surface area contributed by atoms with Crippen LogP contribution in [0.3, 0.4) is 0 Å². The van der Waals surface area contributed by atoms with Crippen molar-refractivity contribution in [1.29, 1.82) is 0 Å². The Labute approximate surface area is 434 Å². The van der Waals surface area contributed by atoms with Crippen LogP contribution in [-0.2, 0) is 10.8 Å². The number of hydrogen-bond acceptors (Lipinski definition) is 3. The maximum atomic E-state index is 5.58. The van der Waals surface area contributed by atoms with Crippen molar-refractivity contribution < 1.29 is 0 Å². The molecule has 0 unspecified atom stereocenters. The number of nitrogens with zero attached hydrogens (tertiary/aromatic N) is 1. The first-order valence-corrected chi connectivity index (χ1v) is 27.1. The van der Waals surface area contributed by atoms with Crippen molar-refractivity contribution in [2.24, 2.45) is 4.99 Å². The van der Waals surface area contributed by atoms with Gasteiger partial charge in [0.1, 0.15) is 0 Å². The highest BCUT2D eigenvalue weighted by molar-refractivity contribution is 7.99. The van der Waals surface area contributed by atoms with Crippen LogP contribution in [-0.4, -0.2) is 5.71 Å². The van der Waals surface area contributed by atoms with E-state index >= 15 is 0 Å². The Hall–Kier alpha value is -8.08. The van der Waals surface area contributed by atoms with Gasteiger partial charge in [-0.05, 0) is 134 Å². The third-order valence-electron chi connectivity index (χ3n) is 16.4. The predicted octanol–water partition coefficient (Wildman–Crippen LogP) is 18.3. The van der Waals surface area contributed by atoms with Gasteiger partial charge in [0.05, 0.1) is 16.5 Å². The average molecular weight is 966 g/mol. The number of aliphatic imine (C=N–C) groups is 1. The molecule has 3 heterocycles. The molecule has 11 aromatic rings. The molecule has 0 N–H and O–H groups in total. The van der Waals surface area contributed by atoms with Crippen LogP contribution in [0.1, 0.15) is 81.0 Å². The fourth-order valence-corrected chi connectivity index (χ4v) is 15.6. The van der Waals surface area contributed by atoms with E-state index in [0.29, 0.717) is 0 Å². The summed E-state index contributed by atoms with van der Waals surface area (Å²) >= 11 is 3.78. The molecule has 3 heteroatoms. The molecule has 2 spiro atoms. The number of rotatable bonds is 4. The van der Waals surface area contributed by atoms with Gasteiger partial charge in [-0.15, -0.1) is 11.3 Å². The number of fused-ring (bicyclic) bond motifs is 18. The van der Waals surface area contributed by atoms with Crippen molar-refractivity contribution in [2.45, 2.75) is 40.4 Å². The van der Waals surface area contributed by atoms with Gasteiger partial charge in [0, 0.05) is 41.2 Å². The highest BCUT2D eigenvalue weighted by Crippen LogP contribution is 2.67. The molecule has 0 saturated carbocycles. The molecule has 15 rings (SSSR count). The Kier molecular flexibility index (Phi) is 9.61. The standard InChI is InChI=1S/C70H47NS2/c1-44-34-41-62(46-18-3-2-4-19-46)71-63(43-53(44)48-39-40-51-50-20-6-14-31-64(50)72-67(51)42-48)47-37-35-45(36-38-47)49-22-17-30-61-68(49)52-21-5-7-23-54(52)69(61)55-24-8-10-26-57(55)70(58-27-11-9-25-56(58)69)59-28-12-15-32-65(59)73-66-33-16-13-29-60(66)70/h2-33,35-40,42-43H,34,41H2,1H3/b53-44+,63-43-,71-62?. The van der Waals surface area contributed by atoms with Crippen LogP contribution in [0.25, 0.3) is 53.7 Å². The normalized spacial score (nSPS) is 17.3. The summed E-state index contributed by atoms with van der Waals surface area (Å²) in [6, 6.07) is 89.1. The van der Waals surface area contributed by atoms with Crippen LogP contribution in [0, 0.1) is 0 Å². The fourth-order valence-electron chi connectivity index (χ4n) is 13.3. The summed E-state index contributed by atoms with van der Waals surface area (Å²) in [6.45, 7) is 2.31. The zero-order valence-electron chi connectivity index (χ0n) is 40.3. The summed E-state index contributed by atoms with van der Waals surface area (Å²) in [5, 5.41) is 2.64. The molecule has 0 bridgehead atoms. The highest BCUT2D eigenvalue weighted by atomic mass is 32.2. The van der Waals surface area contributed by atoms with Crippen molar-refractivity contribution >= 4 is 60.3 Å². The van der Waals surface area contributed by atoms with Crippen LogP contribution in [0.4, 0.5) is 0 Å². The maximum absolute atomic E-state index is 5.58. The summed E-state index contributed by atoms with van der Waals surface area (Å²) in [5.74, 6) is 0. The van der Waals surface area contributed by atoms with E-state index in [4.69, 9.17) is 4.99 Å². The van der Waals surface area contributed by atoms with E-state index in [-0.39, 0.29) is 0 Å². The molecule has 0 saturated heterocycles. The smallest absolute Gasteiger partial charge is 0.0729 e. The monoisotopic (exact) mass is 965 g/mol. The van der Waals surface area contributed by atoms with E-state index in [1.165, 1.54) is 119 Å². The number of allylic oxidation sites excluding steroid dienone is 3. The minimum atomic E-state index is -0.555. The van der Waals surface area contributed by atoms with Gasteiger partial charge in [-0.3, -0.25) is 4.99 Å². The number of benzene rings is 10. The van der Waals surface area contributed by atoms with Crippen molar-refractivity contribution in [3.05, 3.63) is 309 Å². The van der Waals surface area contributed by atoms with Crippen LogP contribution >= 0.6 is 23.1 Å². The molecule has 10 aromatic carbocycles. The molecule has 2 aliphatic carbocycles. The van der Waals surface area contributed by atoms with E-state index in [2.05, 4.69) is 250 Å².